The van der Waals surface area contributed by atoms with Crippen molar-refractivity contribution in [1.29, 1.82) is 0 Å². The maximum Gasteiger partial charge on any atom is 0.330 e. The van der Waals surface area contributed by atoms with Crippen molar-refractivity contribution in [3.05, 3.63) is 49.6 Å². The van der Waals surface area contributed by atoms with Gasteiger partial charge in [0.15, 0.2) is 15.5 Å². The Labute approximate surface area is 185 Å². The van der Waals surface area contributed by atoms with E-state index in [1.54, 1.807) is 0 Å². The number of nitrogen functional groups attached to an aromatic ring is 1. The lowest BCUT2D eigenvalue weighted by Gasteiger charge is -2.25. The van der Waals surface area contributed by atoms with E-state index in [9.17, 15) is 22.8 Å². The van der Waals surface area contributed by atoms with Gasteiger partial charge in [0.25, 0.3) is 11.5 Å². The van der Waals surface area contributed by atoms with Crippen LogP contribution >= 0.6 is 11.6 Å². The summed E-state index contributed by atoms with van der Waals surface area (Å²) in [5.41, 5.74) is 4.49. The molecule has 3 N–H and O–H groups in total. The zero-order valence-corrected chi connectivity index (χ0v) is 19.3. The maximum atomic E-state index is 13.4. The largest absolute Gasteiger partial charge is 0.383 e. The van der Waals surface area contributed by atoms with Crippen molar-refractivity contribution < 1.29 is 13.2 Å². The molecule has 1 amide bonds. The Bertz CT molecular complexity index is 1190. The highest BCUT2D eigenvalue weighted by atomic mass is 35.5. The van der Waals surface area contributed by atoms with Gasteiger partial charge in [-0.3, -0.25) is 19.1 Å². The van der Waals surface area contributed by atoms with Crippen LogP contribution in [-0.2, 0) is 16.4 Å². The van der Waals surface area contributed by atoms with E-state index < -0.39 is 27.0 Å². The van der Waals surface area contributed by atoms with Crippen LogP contribution in [0.4, 0.5) is 11.5 Å². The number of sulfone groups is 1. The van der Waals surface area contributed by atoms with Crippen molar-refractivity contribution in [1.82, 2.24) is 9.55 Å². The molecular weight excluding hydrogens is 444 g/mol. The number of hydrogen-bond acceptors (Lipinski definition) is 6. The summed E-state index contributed by atoms with van der Waals surface area (Å²) in [5.74, 6) is -0.802. The van der Waals surface area contributed by atoms with Crippen LogP contribution in [0.15, 0.2) is 32.7 Å². The zero-order chi connectivity index (χ0) is 23.3. The molecule has 0 spiro atoms. The molecule has 1 aromatic carbocycles. The van der Waals surface area contributed by atoms with Gasteiger partial charge in [0.05, 0.1) is 15.5 Å². The molecule has 1 heterocycles. The number of hydrogen-bond donors (Lipinski definition) is 2. The minimum Gasteiger partial charge on any atom is -0.383 e. The number of nitrogens with zero attached hydrogens (tertiary/aromatic N) is 2. The highest BCUT2D eigenvalue weighted by molar-refractivity contribution is 7.90. The summed E-state index contributed by atoms with van der Waals surface area (Å²) in [4.78, 5) is 41.6. The first kappa shape index (κ1) is 24.7. The third-order valence-corrected chi connectivity index (χ3v) is 6.24. The van der Waals surface area contributed by atoms with Crippen LogP contribution in [0.5, 0.6) is 0 Å². The SMILES string of the molecule is CCCCN(C(=O)c1cc(S(C)(=O)=O)ccc1Cl)c1c(N)n(CCCC)c(=O)[nH]c1=O. The standard InChI is InChI=1S/C20H27ClN4O5S/c1-4-6-10-24(16-17(22)25(11-7-5-2)20(28)23-18(16)26)19(27)14-12-13(31(3,29)30)8-9-15(14)21/h8-9,12H,4-7,10-11,22H2,1-3H3,(H,23,26,28). The van der Waals surface area contributed by atoms with Crippen LogP contribution < -0.4 is 21.9 Å². The van der Waals surface area contributed by atoms with Gasteiger partial charge in [-0.2, -0.15) is 0 Å². The zero-order valence-electron chi connectivity index (χ0n) is 17.8. The summed E-state index contributed by atoms with van der Waals surface area (Å²) in [6.45, 7) is 4.27. The van der Waals surface area contributed by atoms with Gasteiger partial charge in [-0.1, -0.05) is 38.3 Å². The van der Waals surface area contributed by atoms with Crippen molar-refractivity contribution in [2.75, 3.05) is 23.4 Å². The highest BCUT2D eigenvalue weighted by Gasteiger charge is 2.27. The van der Waals surface area contributed by atoms with Crippen LogP contribution in [0.2, 0.25) is 5.02 Å². The van der Waals surface area contributed by atoms with Crippen molar-refractivity contribution in [3.63, 3.8) is 0 Å². The molecular formula is C20H27ClN4O5S. The Hall–Kier alpha value is -2.59. The summed E-state index contributed by atoms with van der Waals surface area (Å²) in [7, 11) is -3.59. The van der Waals surface area contributed by atoms with E-state index in [1.807, 2.05) is 13.8 Å². The van der Waals surface area contributed by atoms with Gasteiger partial charge in [0, 0.05) is 19.3 Å². The summed E-state index contributed by atoms with van der Waals surface area (Å²) in [6.07, 6.45) is 3.73. The number of nitrogens with one attached hydrogen (secondary N) is 1. The molecule has 0 unspecified atom stereocenters. The summed E-state index contributed by atoms with van der Waals surface area (Å²) in [6, 6.07) is 3.80. The van der Waals surface area contributed by atoms with Crippen LogP contribution in [0.3, 0.4) is 0 Å². The molecule has 0 aliphatic carbocycles. The van der Waals surface area contributed by atoms with Gasteiger partial charge in [0.2, 0.25) is 0 Å². The van der Waals surface area contributed by atoms with E-state index in [0.29, 0.717) is 19.3 Å². The van der Waals surface area contributed by atoms with Crippen molar-refractivity contribution in [2.45, 2.75) is 51.0 Å². The molecule has 0 radical (unpaired) electrons. The molecule has 0 fully saturated rings. The number of amides is 1. The van der Waals surface area contributed by atoms with Gasteiger partial charge in [-0.25, -0.2) is 13.2 Å². The normalized spacial score (nSPS) is 11.5. The third kappa shape index (κ3) is 5.56. The topological polar surface area (TPSA) is 135 Å². The molecule has 9 nitrogen and oxygen atoms in total. The molecule has 170 valence electrons. The molecule has 1 aromatic heterocycles. The predicted molar refractivity (Wildman–Crippen MR) is 122 cm³/mol. The number of halogens is 1. The lowest BCUT2D eigenvalue weighted by Crippen LogP contribution is -2.41. The molecule has 0 aliphatic rings. The Morgan fingerprint density at radius 1 is 1.19 bits per heavy atom. The summed E-state index contributed by atoms with van der Waals surface area (Å²) >= 11 is 6.20. The lowest BCUT2D eigenvalue weighted by molar-refractivity contribution is 0.0986. The first-order valence-electron chi connectivity index (χ1n) is 9.96. The van der Waals surface area contributed by atoms with E-state index >= 15 is 0 Å². The molecule has 11 heteroatoms. The van der Waals surface area contributed by atoms with Gasteiger partial charge >= 0.3 is 5.69 Å². The number of rotatable bonds is 9. The number of aromatic nitrogens is 2. The highest BCUT2D eigenvalue weighted by Crippen LogP contribution is 2.26. The Morgan fingerprint density at radius 2 is 1.84 bits per heavy atom. The quantitative estimate of drug-likeness (QED) is 0.577. The monoisotopic (exact) mass is 470 g/mol. The van der Waals surface area contributed by atoms with Crippen LogP contribution in [-0.4, -0.2) is 36.7 Å². The average molecular weight is 471 g/mol. The molecule has 2 rings (SSSR count). The smallest absolute Gasteiger partial charge is 0.330 e. The van der Waals surface area contributed by atoms with E-state index in [2.05, 4.69) is 4.98 Å². The molecule has 2 aromatic rings. The second-order valence-electron chi connectivity index (χ2n) is 7.22. The van der Waals surface area contributed by atoms with Crippen molar-refractivity contribution >= 4 is 38.9 Å². The second-order valence-corrected chi connectivity index (χ2v) is 9.65. The van der Waals surface area contributed by atoms with Crippen molar-refractivity contribution in [3.8, 4) is 0 Å². The number of benzene rings is 1. The number of anilines is 2. The number of H-pyrrole nitrogens is 1. The van der Waals surface area contributed by atoms with Gasteiger partial charge < -0.3 is 10.6 Å². The Morgan fingerprint density at radius 3 is 2.42 bits per heavy atom. The predicted octanol–water partition coefficient (Wildman–Crippen LogP) is 2.42. The van der Waals surface area contributed by atoms with E-state index in [4.69, 9.17) is 17.3 Å². The Kier molecular flexibility index (Phi) is 8.08. The van der Waals surface area contributed by atoms with Gasteiger partial charge in [0.1, 0.15) is 5.82 Å². The number of carbonyl (C=O) groups is 1. The Balaban J connectivity index is 2.69. The average Bonchev–Trinajstić information content (AvgIpc) is 2.69. The van der Waals surface area contributed by atoms with E-state index in [1.165, 1.54) is 22.8 Å². The second kappa shape index (κ2) is 10.1. The minimum atomic E-state index is -3.59. The fourth-order valence-corrected chi connectivity index (χ4v) is 3.90. The van der Waals surface area contributed by atoms with E-state index in [-0.39, 0.29) is 40.1 Å². The fraction of sp³-hybridized carbons (Fsp3) is 0.450. The molecule has 0 bridgehead atoms. The van der Waals surface area contributed by atoms with Gasteiger partial charge in [-0.15, -0.1) is 0 Å². The van der Waals surface area contributed by atoms with Crippen LogP contribution in [0.25, 0.3) is 0 Å². The minimum absolute atomic E-state index is 0.0354. The fourth-order valence-electron chi connectivity index (χ4n) is 3.05. The van der Waals surface area contributed by atoms with E-state index in [0.717, 1.165) is 17.6 Å². The lowest BCUT2D eigenvalue weighted by atomic mass is 10.1. The number of nitrogens with two attached hydrogens (primary N) is 1. The first-order valence-corrected chi connectivity index (χ1v) is 12.2. The molecule has 0 saturated carbocycles. The molecule has 0 saturated heterocycles. The molecule has 0 aliphatic heterocycles. The summed E-state index contributed by atoms with van der Waals surface area (Å²) < 4.78 is 25.1. The van der Waals surface area contributed by atoms with Crippen LogP contribution in [0, 0.1) is 0 Å². The molecule has 31 heavy (non-hydrogen) atoms. The number of aromatic amines is 1. The molecule has 0 atom stereocenters. The third-order valence-electron chi connectivity index (χ3n) is 4.80. The van der Waals surface area contributed by atoms with Crippen molar-refractivity contribution in [2.24, 2.45) is 0 Å². The first-order chi connectivity index (χ1) is 14.5. The number of unbranched alkanes of at least 4 members (excludes halogenated alkanes) is 2. The van der Waals surface area contributed by atoms with Crippen LogP contribution in [0.1, 0.15) is 49.9 Å². The number of carbonyl (C=O) groups excluding carboxylic acids is 1. The maximum absolute atomic E-state index is 13.4. The van der Waals surface area contributed by atoms with Gasteiger partial charge in [-0.05, 0) is 31.0 Å². The summed E-state index contributed by atoms with van der Waals surface area (Å²) in [5, 5.41) is 0.0354.